The van der Waals surface area contributed by atoms with Crippen molar-refractivity contribution in [2.45, 2.75) is 58.7 Å². The fourth-order valence-corrected chi connectivity index (χ4v) is 1.80. The maximum Gasteiger partial charge on any atom is 0.410 e. The summed E-state index contributed by atoms with van der Waals surface area (Å²) in [7, 11) is 0. The highest BCUT2D eigenvalue weighted by Gasteiger charge is 2.33. The highest BCUT2D eigenvalue weighted by molar-refractivity contribution is 5.69. The number of hydrogen-bond donors (Lipinski definition) is 2. The summed E-state index contributed by atoms with van der Waals surface area (Å²) in [6, 6.07) is 0.397. The van der Waals surface area contributed by atoms with Crippen LogP contribution in [0.3, 0.4) is 0 Å². The Morgan fingerprint density at radius 3 is 2.21 bits per heavy atom. The summed E-state index contributed by atoms with van der Waals surface area (Å²) >= 11 is 0. The second-order valence-corrected chi connectivity index (χ2v) is 7.21. The lowest BCUT2D eigenvalue weighted by Crippen LogP contribution is -2.61. The first-order valence-corrected chi connectivity index (χ1v) is 7.03. The van der Waals surface area contributed by atoms with Crippen LogP contribution in [0.15, 0.2) is 0 Å². The summed E-state index contributed by atoms with van der Waals surface area (Å²) in [5.74, 6) is 0. The molecule has 0 aliphatic carbocycles. The van der Waals surface area contributed by atoms with Crippen LogP contribution in [-0.2, 0) is 4.74 Å². The molecular weight excluding hydrogens is 242 g/mol. The lowest BCUT2D eigenvalue weighted by atomic mass is 10.1. The molecule has 0 unspecified atom stereocenters. The third-order valence-electron chi connectivity index (χ3n) is 2.75. The normalized spacial score (nSPS) is 17.3. The minimum absolute atomic E-state index is 0.157. The molecule has 0 spiro atoms. The van der Waals surface area contributed by atoms with Crippen LogP contribution in [0.4, 0.5) is 4.79 Å². The minimum Gasteiger partial charge on any atom is -0.444 e. The van der Waals surface area contributed by atoms with Crippen molar-refractivity contribution in [3.63, 3.8) is 0 Å². The van der Waals surface area contributed by atoms with Crippen molar-refractivity contribution >= 4 is 6.09 Å². The molecule has 1 fully saturated rings. The second-order valence-electron chi connectivity index (χ2n) is 7.21. The highest BCUT2D eigenvalue weighted by atomic mass is 16.6. The predicted molar refractivity (Wildman–Crippen MR) is 77.4 cm³/mol. The van der Waals surface area contributed by atoms with Gasteiger partial charge in [0, 0.05) is 37.8 Å². The summed E-state index contributed by atoms with van der Waals surface area (Å²) in [4.78, 5) is 13.4. The van der Waals surface area contributed by atoms with Gasteiger partial charge in [0.05, 0.1) is 0 Å². The molecule has 1 rings (SSSR count). The van der Waals surface area contributed by atoms with E-state index in [4.69, 9.17) is 4.74 Å². The van der Waals surface area contributed by atoms with Crippen molar-refractivity contribution < 1.29 is 9.53 Å². The van der Waals surface area contributed by atoms with Crippen molar-refractivity contribution in [3.8, 4) is 0 Å². The molecule has 0 aromatic heterocycles. The molecule has 0 radical (unpaired) electrons. The predicted octanol–water partition coefficient (Wildman–Crippen LogP) is 1.58. The molecule has 19 heavy (non-hydrogen) atoms. The van der Waals surface area contributed by atoms with E-state index in [2.05, 4.69) is 31.4 Å². The van der Waals surface area contributed by atoms with E-state index in [1.54, 1.807) is 4.90 Å². The Bertz CT molecular complexity index is 299. The average molecular weight is 271 g/mol. The lowest BCUT2D eigenvalue weighted by Gasteiger charge is -2.40. The zero-order chi connectivity index (χ0) is 14.7. The number of likely N-dealkylation sites (tertiary alicyclic amines) is 1. The first-order chi connectivity index (χ1) is 8.57. The minimum atomic E-state index is -0.410. The first-order valence-electron chi connectivity index (χ1n) is 7.03. The Labute approximate surface area is 117 Å². The fourth-order valence-electron chi connectivity index (χ4n) is 1.80. The topological polar surface area (TPSA) is 53.6 Å². The quantitative estimate of drug-likeness (QED) is 0.762. The van der Waals surface area contributed by atoms with Gasteiger partial charge in [0.25, 0.3) is 0 Å². The van der Waals surface area contributed by atoms with Crippen molar-refractivity contribution in [1.29, 1.82) is 0 Å². The van der Waals surface area contributed by atoms with E-state index < -0.39 is 5.60 Å². The number of carbonyl (C=O) groups excluding carboxylic acids is 1. The molecule has 1 aliphatic rings. The number of hydrogen-bond acceptors (Lipinski definition) is 4. The monoisotopic (exact) mass is 271 g/mol. The van der Waals surface area contributed by atoms with Gasteiger partial charge in [-0.25, -0.2) is 4.79 Å². The molecule has 5 heteroatoms. The van der Waals surface area contributed by atoms with Gasteiger partial charge in [-0.15, -0.1) is 0 Å². The van der Waals surface area contributed by atoms with Gasteiger partial charge >= 0.3 is 6.09 Å². The lowest BCUT2D eigenvalue weighted by molar-refractivity contribution is 0.00541. The number of amides is 1. The van der Waals surface area contributed by atoms with Gasteiger partial charge in [-0.05, 0) is 41.5 Å². The maximum absolute atomic E-state index is 11.7. The molecule has 1 amide bonds. The zero-order valence-corrected chi connectivity index (χ0v) is 13.2. The molecule has 0 aromatic rings. The number of nitrogens with zero attached hydrogens (tertiary/aromatic N) is 1. The van der Waals surface area contributed by atoms with Crippen LogP contribution in [0.5, 0.6) is 0 Å². The number of rotatable bonds is 4. The van der Waals surface area contributed by atoms with E-state index in [0.29, 0.717) is 6.04 Å². The molecule has 1 heterocycles. The van der Waals surface area contributed by atoms with Crippen LogP contribution in [-0.4, -0.2) is 54.4 Å². The SMILES string of the molecule is CC(C)(C)NCCNC1CN(C(=O)OC(C)(C)C)C1. The number of nitrogens with one attached hydrogen (secondary N) is 2. The van der Waals surface area contributed by atoms with Crippen LogP contribution in [0.2, 0.25) is 0 Å². The van der Waals surface area contributed by atoms with E-state index in [0.717, 1.165) is 26.2 Å². The fraction of sp³-hybridized carbons (Fsp3) is 0.929. The Morgan fingerprint density at radius 2 is 1.74 bits per heavy atom. The van der Waals surface area contributed by atoms with Crippen molar-refractivity contribution in [2.75, 3.05) is 26.2 Å². The van der Waals surface area contributed by atoms with Gasteiger partial charge in [-0.1, -0.05) is 0 Å². The third kappa shape index (κ3) is 6.78. The Balaban J connectivity index is 2.09. The molecule has 0 bridgehead atoms. The number of ether oxygens (including phenoxy) is 1. The Morgan fingerprint density at radius 1 is 1.16 bits per heavy atom. The number of carbonyl (C=O) groups is 1. The molecule has 0 saturated carbocycles. The first kappa shape index (κ1) is 16.2. The van der Waals surface area contributed by atoms with Crippen LogP contribution >= 0.6 is 0 Å². The summed E-state index contributed by atoms with van der Waals surface area (Å²) in [5.41, 5.74) is -0.254. The van der Waals surface area contributed by atoms with E-state index >= 15 is 0 Å². The Hall–Kier alpha value is -0.810. The molecule has 0 atom stereocenters. The van der Waals surface area contributed by atoms with Crippen molar-refractivity contribution in [2.24, 2.45) is 0 Å². The summed E-state index contributed by atoms with van der Waals surface area (Å²) in [5, 5.41) is 6.85. The summed E-state index contributed by atoms with van der Waals surface area (Å²) in [6.45, 7) is 15.5. The van der Waals surface area contributed by atoms with E-state index in [9.17, 15) is 4.79 Å². The highest BCUT2D eigenvalue weighted by Crippen LogP contribution is 2.14. The Kier molecular flexibility index (Phi) is 5.21. The van der Waals surface area contributed by atoms with E-state index in [-0.39, 0.29) is 11.6 Å². The van der Waals surface area contributed by atoms with E-state index in [1.165, 1.54) is 0 Å². The molecule has 5 nitrogen and oxygen atoms in total. The molecule has 1 saturated heterocycles. The molecule has 0 aromatic carbocycles. The van der Waals surface area contributed by atoms with E-state index in [1.807, 2.05) is 20.8 Å². The maximum atomic E-state index is 11.7. The van der Waals surface area contributed by atoms with Crippen LogP contribution in [0, 0.1) is 0 Å². The van der Waals surface area contributed by atoms with Gasteiger partial charge in [0.2, 0.25) is 0 Å². The summed E-state index contributed by atoms with van der Waals surface area (Å²) in [6.07, 6.45) is -0.210. The van der Waals surface area contributed by atoms with Gasteiger partial charge in [0.1, 0.15) is 5.60 Å². The van der Waals surface area contributed by atoms with Crippen LogP contribution in [0.1, 0.15) is 41.5 Å². The van der Waals surface area contributed by atoms with Crippen LogP contribution < -0.4 is 10.6 Å². The smallest absolute Gasteiger partial charge is 0.410 e. The van der Waals surface area contributed by atoms with Crippen molar-refractivity contribution in [3.05, 3.63) is 0 Å². The third-order valence-corrected chi connectivity index (χ3v) is 2.75. The van der Waals surface area contributed by atoms with Crippen LogP contribution in [0.25, 0.3) is 0 Å². The van der Waals surface area contributed by atoms with Crippen molar-refractivity contribution in [1.82, 2.24) is 15.5 Å². The largest absolute Gasteiger partial charge is 0.444 e. The molecule has 1 aliphatic heterocycles. The molecule has 2 N–H and O–H groups in total. The van der Waals surface area contributed by atoms with Gasteiger partial charge in [-0.3, -0.25) is 0 Å². The van der Waals surface area contributed by atoms with Gasteiger partial charge < -0.3 is 20.3 Å². The van der Waals surface area contributed by atoms with Gasteiger partial charge in [-0.2, -0.15) is 0 Å². The second kappa shape index (κ2) is 6.09. The average Bonchev–Trinajstić information content (AvgIpc) is 2.09. The standard InChI is InChI=1S/C14H29N3O2/c1-13(2,3)16-8-7-15-11-9-17(10-11)12(18)19-14(4,5)6/h11,15-16H,7-10H2,1-6H3. The molecular formula is C14H29N3O2. The van der Waals surface area contributed by atoms with Gasteiger partial charge in [0.15, 0.2) is 0 Å². The summed E-state index contributed by atoms with van der Waals surface area (Å²) < 4.78 is 5.31. The zero-order valence-electron chi connectivity index (χ0n) is 13.2. The molecule has 112 valence electrons.